The second-order valence-electron chi connectivity index (χ2n) is 10.2. The van der Waals surface area contributed by atoms with E-state index in [0.29, 0.717) is 18.9 Å². The van der Waals surface area contributed by atoms with E-state index in [4.69, 9.17) is 4.99 Å². The van der Waals surface area contributed by atoms with Gasteiger partial charge in [0.15, 0.2) is 5.78 Å². The third-order valence-corrected chi connectivity index (χ3v) is 7.10. The van der Waals surface area contributed by atoms with Gasteiger partial charge in [0.25, 0.3) is 0 Å². The average Bonchev–Trinajstić information content (AvgIpc) is 2.84. The lowest BCUT2D eigenvalue weighted by Crippen LogP contribution is -2.62. The fourth-order valence-electron chi connectivity index (χ4n) is 5.29. The number of fused-ring (bicyclic) bond motifs is 1. The molecule has 2 aromatic carbocycles. The molecular weight excluding hydrogens is 438 g/mol. The van der Waals surface area contributed by atoms with E-state index in [1.54, 1.807) is 0 Å². The lowest BCUT2D eigenvalue weighted by Gasteiger charge is -2.41. The molecule has 2 aliphatic rings. The van der Waals surface area contributed by atoms with Gasteiger partial charge >= 0.3 is 6.09 Å². The number of allylic oxidation sites excluding steroid dienone is 1. The number of benzene rings is 2. The lowest BCUT2D eigenvalue weighted by atomic mass is 9.95. The molecule has 1 fully saturated rings. The lowest BCUT2D eigenvalue weighted by molar-refractivity contribution is -0.125. The second-order valence-corrected chi connectivity index (χ2v) is 10.2. The van der Waals surface area contributed by atoms with Crippen LogP contribution in [0.3, 0.4) is 0 Å². The van der Waals surface area contributed by atoms with Crippen LogP contribution in [-0.4, -0.2) is 51.9 Å². The third-order valence-electron chi connectivity index (χ3n) is 7.10. The summed E-state index contributed by atoms with van der Waals surface area (Å²) in [5.41, 5.74) is 2.45. The molecule has 2 atom stereocenters. The van der Waals surface area contributed by atoms with Crippen molar-refractivity contribution in [2.75, 3.05) is 13.1 Å². The number of rotatable bonds is 7. The summed E-state index contributed by atoms with van der Waals surface area (Å²) in [5.74, 6) is 0.552. The molecule has 35 heavy (non-hydrogen) atoms. The first-order valence-electron chi connectivity index (χ1n) is 12.9. The van der Waals surface area contributed by atoms with Crippen LogP contribution in [0.5, 0.6) is 0 Å². The Bertz CT molecular complexity index is 1130. The monoisotopic (exact) mass is 475 g/mol. The molecular formula is C29H37N3O3. The molecule has 0 aromatic heterocycles. The molecule has 0 saturated carbocycles. The highest BCUT2D eigenvalue weighted by molar-refractivity contribution is 6.05. The normalized spacial score (nSPS) is 21.0. The van der Waals surface area contributed by atoms with Gasteiger partial charge in [-0.3, -0.25) is 4.79 Å². The Morgan fingerprint density at radius 1 is 1.11 bits per heavy atom. The summed E-state index contributed by atoms with van der Waals surface area (Å²) >= 11 is 0. The van der Waals surface area contributed by atoms with Crippen molar-refractivity contribution in [1.82, 2.24) is 9.80 Å². The van der Waals surface area contributed by atoms with Crippen molar-refractivity contribution in [3.05, 3.63) is 59.7 Å². The largest absolute Gasteiger partial charge is 0.465 e. The molecule has 2 aromatic rings. The van der Waals surface area contributed by atoms with Crippen LogP contribution in [0.25, 0.3) is 10.8 Å². The Morgan fingerprint density at radius 3 is 2.60 bits per heavy atom. The van der Waals surface area contributed by atoms with Crippen molar-refractivity contribution in [1.29, 1.82) is 0 Å². The number of guanidine groups is 1. The summed E-state index contributed by atoms with van der Waals surface area (Å²) in [5, 5.41) is 12.5. The van der Waals surface area contributed by atoms with Crippen LogP contribution in [0.15, 0.2) is 59.1 Å². The Hall–Kier alpha value is -3.15. The highest BCUT2D eigenvalue weighted by Gasteiger charge is 2.41. The number of carbonyl (C=O) groups is 2. The van der Waals surface area contributed by atoms with E-state index in [1.807, 2.05) is 43.9 Å². The van der Waals surface area contributed by atoms with Crippen molar-refractivity contribution in [2.24, 2.45) is 10.9 Å². The number of carboxylic acid groups (broad SMARTS) is 1. The maximum absolute atomic E-state index is 13.2. The summed E-state index contributed by atoms with van der Waals surface area (Å²) in [4.78, 5) is 33.8. The molecule has 6 heteroatoms. The molecule has 1 saturated heterocycles. The fraction of sp³-hybridized carbons (Fsp3) is 0.483. The predicted octanol–water partition coefficient (Wildman–Crippen LogP) is 6.43. The molecule has 1 amide bonds. The number of hydrogen-bond acceptors (Lipinski definition) is 3. The number of hydrogen-bond donors (Lipinski definition) is 1. The highest BCUT2D eigenvalue weighted by Crippen LogP contribution is 2.29. The maximum Gasteiger partial charge on any atom is 0.414 e. The zero-order valence-electron chi connectivity index (χ0n) is 21.1. The highest BCUT2D eigenvalue weighted by atomic mass is 16.4. The number of amides is 1. The predicted molar refractivity (Wildman–Crippen MR) is 141 cm³/mol. The molecule has 0 radical (unpaired) electrons. The topological polar surface area (TPSA) is 73.2 Å². The molecule has 0 spiro atoms. The van der Waals surface area contributed by atoms with E-state index in [-0.39, 0.29) is 24.3 Å². The molecule has 1 heterocycles. The minimum atomic E-state index is -1.12. The Balaban J connectivity index is 1.72. The zero-order valence-corrected chi connectivity index (χ0v) is 21.1. The van der Waals surface area contributed by atoms with Crippen molar-refractivity contribution < 1.29 is 14.7 Å². The summed E-state index contributed by atoms with van der Waals surface area (Å²) in [6.07, 6.45) is 7.12. The van der Waals surface area contributed by atoms with Gasteiger partial charge in [0.05, 0.1) is 12.6 Å². The zero-order chi connectivity index (χ0) is 24.9. The van der Waals surface area contributed by atoms with Crippen LogP contribution >= 0.6 is 0 Å². The summed E-state index contributed by atoms with van der Waals surface area (Å²) in [6.45, 7) is 6.84. The first kappa shape index (κ1) is 25.0. The van der Waals surface area contributed by atoms with Crippen LogP contribution in [0.4, 0.5) is 4.79 Å². The Kier molecular flexibility index (Phi) is 7.89. The summed E-state index contributed by atoms with van der Waals surface area (Å²) in [6, 6.07) is 13.4. The molecule has 1 unspecified atom stereocenters. The van der Waals surface area contributed by atoms with Gasteiger partial charge in [-0.2, -0.15) is 0 Å². The van der Waals surface area contributed by atoms with E-state index in [2.05, 4.69) is 30.3 Å². The SMILES string of the molecule is CC(C)C[C@H]1C(=O)CN(CCC2=CCCCC2)C(=NC(C)c2cccc3ccccc23)N1C(=O)O. The van der Waals surface area contributed by atoms with E-state index in [9.17, 15) is 14.7 Å². The van der Waals surface area contributed by atoms with Crippen molar-refractivity contribution in [3.63, 3.8) is 0 Å². The fourth-order valence-corrected chi connectivity index (χ4v) is 5.29. The number of Topliss-reactive ketones (excluding diaryl/α,β-unsaturated/α-hetero) is 1. The van der Waals surface area contributed by atoms with Crippen LogP contribution in [0.2, 0.25) is 0 Å². The molecule has 1 aliphatic heterocycles. The Morgan fingerprint density at radius 2 is 1.89 bits per heavy atom. The first-order valence-corrected chi connectivity index (χ1v) is 12.9. The van der Waals surface area contributed by atoms with Crippen LogP contribution in [0, 0.1) is 5.92 Å². The summed E-state index contributed by atoms with van der Waals surface area (Å²) < 4.78 is 0. The number of ketones is 1. The molecule has 1 aliphatic carbocycles. The average molecular weight is 476 g/mol. The van der Waals surface area contributed by atoms with Gasteiger partial charge in [-0.25, -0.2) is 14.7 Å². The van der Waals surface area contributed by atoms with Gasteiger partial charge in [0, 0.05) is 6.54 Å². The van der Waals surface area contributed by atoms with Crippen molar-refractivity contribution >= 4 is 28.6 Å². The first-order chi connectivity index (χ1) is 16.8. The van der Waals surface area contributed by atoms with E-state index < -0.39 is 12.1 Å². The van der Waals surface area contributed by atoms with Crippen molar-refractivity contribution in [3.8, 4) is 0 Å². The second kappa shape index (κ2) is 11.1. The minimum Gasteiger partial charge on any atom is -0.465 e. The number of carbonyl (C=O) groups excluding carboxylic acids is 1. The van der Waals surface area contributed by atoms with E-state index in [0.717, 1.165) is 35.6 Å². The number of nitrogens with zero attached hydrogens (tertiary/aromatic N) is 3. The van der Waals surface area contributed by atoms with Gasteiger partial charge in [0.2, 0.25) is 5.96 Å². The van der Waals surface area contributed by atoms with Gasteiger partial charge < -0.3 is 10.0 Å². The van der Waals surface area contributed by atoms with E-state index in [1.165, 1.54) is 23.3 Å². The third kappa shape index (κ3) is 5.75. The van der Waals surface area contributed by atoms with Gasteiger partial charge in [-0.15, -0.1) is 0 Å². The standard InChI is InChI=1S/C29H37N3O3/c1-20(2)18-26-27(33)19-31(17-16-22-10-5-4-6-11-22)28(32(26)29(34)35)30-21(3)24-15-9-13-23-12-7-8-14-25(23)24/h7-10,12-15,20-21,26H,4-6,11,16-19H2,1-3H3,(H,34,35)/t21?,26-/m0/s1. The molecule has 1 N–H and O–H groups in total. The number of aliphatic imine (C=N–C) groups is 1. The molecule has 4 rings (SSSR count). The van der Waals surface area contributed by atoms with Crippen LogP contribution in [0.1, 0.15) is 70.9 Å². The molecule has 186 valence electrons. The van der Waals surface area contributed by atoms with Gasteiger partial charge in [0.1, 0.15) is 6.04 Å². The van der Waals surface area contributed by atoms with Gasteiger partial charge in [-0.1, -0.05) is 68.0 Å². The smallest absolute Gasteiger partial charge is 0.414 e. The van der Waals surface area contributed by atoms with Crippen molar-refractivity contribution in [2.45, 2.75) is 71.4 Å². The molecule has 0 bridgehead atoms. The summed E-state index contributed by atoms with van der Waals surface area (Å²) in [7, 11) is 0. The quantitative estimate of drug-likeness (QED) is 0.469. The van der Waals surface area contributed by atoms with E-state index >= 15 is 0 Å². The van der Waals surface area contributed by atoms with Crippen LogP contribution < -0.4 is 0 Å². The van der Waals surface area contributed by atoms with Gasteiger partial charge in [-0.05, 0) is 67.7 Å². The van der Waals surface area contributed by atoms with Crippen LogP contribution in [-0.2, 0) is 4.79 Å². The maximum atomic E-state index is 13.2. The molecule has 6 nitrogen and oxygen atoms in total. The Labute approximate surface area is 208 Å². The minimum absolute atomic E-state index is 0.0458.